The van der Waals surface area contributed by atoms with Gasteiger partial charge in [0.2, 0.25) is 11.8 Å². The van der Waals surface area contributed by atoms with Crippen LogP contribution in [0.3, 0.4) is 0 Å². The molecule has 0 spiro atoms. The fourth-order valence-electron chi connectivity index (χ4n) is 2.63. The fraction of sp³-hybridized carbons (Fsp3) is 0.429. The Morgan fingerprint density at radius 3 is 2.79 bits per heavy atom. The summed E-state index contributed by atoms with van der Waals surface area (Å²) in [6.45, 7) is 2.00. The standard InChI is InChI=1S/C21H27N3O4/c1-3-9-28-14-18-10-19(8-7-17(18)13-25)24-21(27)15(2)23-20(26)12-22-11-16-5-4-6-16/h1,7-8,10-11,15,22,25H,4-6,9,12-14H2,2H3,(H,23,26)(H,24,27). The summed E-state index contributed by atoms with van der Waals surface area (Å²) in [6.07, 6.45) is 10.4. The number of rotatable bonds is 10. The van der Waals surface area contributed by atoms with E-state index >= 15 is 0 Å². The maximum absolute atomic E-state index is 12.3. The SMILES string of the molecule is C#CCOCc1cc(NC(=O)C(C)NC(=O)CNC=C2CCC2)ccc1CO. The Hall–Kier alpha value is -2.82. The molecule has 0 aromatic heterocycles. The fourth-order valence-corrected chi connectivity index (χ4v) is 2.63. The van der Waals surface area contributed by atoms with E-state index in [4.69, 9.17) is 11.2 Å². The third kappa shape index (κ3) is 6.72. The summed E-state index contributed by atoms with van der Waals surface area (Å²) in [7, 11) is 0. The van der Waals surface area contributed by atoms with Gasteiger partial charge < -0.3 is 25.8 Å². The van der Waals surface area contributed by atoms with Gasteiger partial charge in [0.1, 0.15) is 12.6 Å². The van der Waals surface area contributed by atoms with Gasteiger partial charge >= 0.3 is 0 Å². The summed E-state index contributed by atoms with van der Waals surface area (Å²) >= 11 is 0. The van der Waals surface area contributed by atoms with Crippen LogP contribution in [0.1, 0.15) is 37.3 Å². The number of carbonyl (C=O) groups is 2. The quantitative estimate of drug-likeness (QED) is 0.361. The van der Waals surface area contributed by atoms with Gasteiger partial charge in [-0.05, 0) is 55.6 Å². The average molecular weight is 385 g/mol. The van der Waals surface area contributed by atoms with E-state index in [2.05, 4.69) is 21.9 Å². The minimum Gasteiger partial charge on any atom is -0.392 e. The molecule has 1 aliphatic carbocycles. The second kappa shape index (κ2) is 11.1. The second-order valence-electron chi connectivity index (χ2n) is 6.65. The first kappa shape index (κ1) is 21.5. The predicted molar refractivity (Wildman–Crippen MR) is 107 cm³/mol. The molecular formula is C21H27N3O4. The minimum atomic E-state index is -0.690. The molecule has 7 nitrogen and oxygen atoms in total. The van der Waals surface area contributed by atoms with Crippen molar-refractivity contribution in [2.75, 3.05) is 18.5 Å². The molecule has 1 unspecified atom stereocenters. The molecular weight excluding hydrogens is 358 g/mol. The van der Waals surface area contributed by atoms with Gasteiger partial charge in [0.15, 0.2) is 0 Å². The molecule has 2 amide bonds. The summed E-state index contributed by atoms with van der Waals surface area (Å²) in [5, 5.41) is 17.8. The molecule has 0 bridgehead atoms. The van der Waals surface area contributed by atoms with E-state index in [1.54, 1.807) is 25.1 Å². The Morgan fingerprint density at radius 2 is 2.14 bits per heavy atom. The van der Waals surface area contributed by atoms with Crippen molar-refractivity contribution in [2.24, 2.45) is 0 Å². The van der Waals surface area contributed by atoms with E-state index < -0.39 is 6.04 Å². The molecule has 0 radical (unpaired) electrons. The van der Waals surface area contributed by atoms with E-state index in [0.29, 0.717) is 11.3 Å². The Morgan fingerprint density at radius 1 is 1.36 bits per heavy atom. The van der Waals surface area contributed by atoms with Crippen molar-refractivity contribution in [2.45, 2.75) is 45.4 Å². The van der Waals surface area contributed by atoms with Crippen LogP contribution in [-0.2, 0) is 27.5 Å². The number of terminal acetylenes is 1. The number of benzene rings is 1. The van der Waals surface area contributed by atoms with E-state index in [1.165, 1.54) is 12.0 Å². The molecule has 0 saturated heterocycles. The van der Waals surface area contributed by atoms with Gasteiger partial charge in [-0.25, -0.2) is 0 Å². The summed E-state index contributed by atoms with van der Waals surface area (Å²) in [4.78, 5) is 24.3. The first-order valence-corrected chi connectivity index (χ1v) is 9.29. The minimum absolute atomic E-state index is 0.128. The smallest absolute Gasteiger partial charge is 0.246 e. The van der Waals surface area contributed by atoms with Gasteiger partial charge in [0.25, 0.3) is 0 Å². The molecule has 4 N–H and O–H groups in total. The average Bonchev–Trinajstić information content (AvgIpc) is 2.64. The van der Waals surface area contributed by atoms with Gasteiger partial charge in [0, 0.05) is 5.69 Å². The number of carbonyl (C=O) groups excluding carboxylic acids is 2. The number of allylic oxidation sites excluding steroid dienone is 1. The van der Waals surface area contributed by atoms with Gasteiger partial charge in [-0.3, -0.25) is 9.59 Å². The molecule has 0 heterocycles. The lowest BCUT2D eigenvalue weighted by atomic mass is 9.94. The van der Waals surface area contributed by atoms with E-state index in [1.807, 2.05) is 6.20 Å². The van der Waals surface area contributed by atoms with Crippen molar-refractivity contribution in [3.8, 4) is 12.3 Å². The molecule has 7 heteroatoms. The zero-order valence-corrected chi connectivity index (χ0v) is 16.1. The van der Waals surface area contributed by atoms with Crippen LogP contribution < -0.4 is 16.0 Å². The number of hydrogen-bond donors (Lipinski definition) is 4. The van der Waals surface area contributed by atoms with E-state index in [-0.39, 0.29) is 38.2 Å². The Balaban J connectivity index is 1.85. The third-order valence-corrected chi connectivity index (χ3v) is 4.42. The third-order valence-electron chi connectivity index (χ3n) is 4.42. The van der Waals surface area contributed by atoms with Gasteiger partial charge in [0.05, 0.1) is 19.8 Å². The highest BCUT2D eigenvalue weighted by atomic mass is 16.5. The highest BCUT2D eigenvalue weighted by Crippen LogP contribution is 2.23. The lowest BCUT2D eigenvalue weighted by Gasteiger charge is -2.17. The topological polar surface area (TPSA) is 99.7 Å². The molecule has 1 aromatic carbocycles. The van der Waals surface area contributed by atoms with Crippen LogP contribution in [0.4, 0.5) is 5.69 Å². The number of amides is 2. The van der Waals surface area contributed by atoms with Crippen LogP contribution in [0.2, 0.25) is 0 Å². The zero-order chi connectivity index (χ0) is 20.4. The number of aliphatic hydroxyl groups excluding tert-OH is 1. The first-order chi connectivity index (χ1) is 13.5. The molecule has 1 saturated carbocycles. The number of hydrogen-bond acceptors (Lipinski definition) is 5. The molecule has 150 valence electrons. The molecule has 1 aliphatic rings. The zero-order valence-electron chi connectivity index (χ0n) is 16.1. The predicted octanol–water partition coefficient (Wildman–Crippen LogP) is 1.43. The normalized spacial score (nSPS) is 13.7. The molecule has 1 atom stereocenters. The Bertz CT molecular complexity index is 761. The Kier molecular flexibility index (Phi) is 8.53. The first-order valence-electron chi connectivity index (χ1n) is 9.29. The van der Waals surface area contributed by atoms with Crippen molar-refractivity contribution < 1.29 is 19.4 Å². The molecule has 2 rings (SSSR count). The van der Waals surface area contributed by atoms with Crippen LogP contribution in [0.5, 0.6) is 0 Å². The summed E-state index contributed by atoms with van der Waals surface area (Å²) < 4.78 is 5.31. The van der Waals surface area contributed by atoms with Gasteiger partial charge in [-0.1, -0.05) is 17.6 Å². The molecule has 28 heavy (non-hydrogen) atoms. The summed E-state index contributed by atoms with van der Waals surface area (Å²) in [6, 6.07) is 4.44. The number of anilines is 1. The van der Waals surface area contributed by atoms with Crippen molar-refractivity contribution >= 4 is 17.5 Å². The van der Waals surface area contributed by atoms with Crippen molar-refractivity contribution in [1.29, 1.82) is 0 Å². The number of aliphatic hydroxyl groups is 1. The monoisotopic (exact) mass is 385 g/mol. The summed E-state index contributed by atoms with van der Waals surface area (Å²) in [5.41, 5.74) is 3.30. The largest absolute Gasteiger partial charge is 0.392 e. The lowest BCUT2D eigenvalue weighted by molar-refractivity contribution is -0.125. The van der Waals surface area contributed by atoms with Crippen molar-refractivity contribution in [1.82, 2.24) is 10.6 Å². The number of ether oxygens (including phenoxy) is 1. The Labute approximate surface area is 165 Å². The highest BCUT2D eigenvalue weighted by molar-refractivity contribution is 5.97. The molecule has 1 aromatic rings. The molecule has 1 fully saturated rings. The molecule has 0 aliphatic heterocycles. The van der Waals surface area contributed by atoms with Crippen molar-refractivity contribution in [3.05, 3.63) is 41.1 Å². The lowest BCUT2D eigenvalue weighted by Crippen LogP contribution is -2.44. The summed E-state index contributed by atoms with van der Waals surface area (Å²) in [5.74, 6) is 1.79. The van der Waals surface area contributed by atoms with E-state index in [0.717, 1.165) is 18.4 Å². The van der Waals surface area contributed by atoms with Crippen LogP contribution in [0, 0.1) is 12.3 Å². The van der Waals surface area contributed by atoms with Crippen LogP contribution in [0.25, 0.3) is 0 Å². The van der Waals surface area contributed by atoms with Gasteiger partial charge in [-0.15, -0.1) is 6.42 Å². The second-order valence-corrected chi connectivity index (χ2v) is 6.65. The van der Waals surface area contributed by atoms with Crippen LogP contribution in [0.15, 0.2) is 30.0 Å². The van der Waals surface area contributed by atoms with E-state index in [9.17, 15) is 14.7 Å². The highest BCUT2D eigenvalue weighted by Gasteiger charge is 2.16. The maximum Gasteiger partial charge on any atom is 0.246 e. The van der Waals surface area contributed by atoms with Crippen LogP contribution >= 0.6 is 0 Å². The van der Waals surface area contributed by atoms with Gasteiger partial charge in [-0.2, -0.15) is 0 Å². The van der Waals surface area contributed by atoms with Crippen molar-refractivity contribution in [3.63, 3.8) is 0 Å². The van der Waals surface area contributed by atoms with Crippen LogP contribution in [-0.4, -0.2) is 36.1 Å². The number of nitrogens with one attached hydrogen (secondary N) is 3. The maximum atomic E-state index is 12.3.